The highest BCUT2D eigenvalue weighted by atomic mass is 16.5. The van der Waals surface area contributed by atoms with Crippen LogP contribution < -0.4 is 15.0 Å². The van der Waals surface area contributed by atoms with E-state index in [2.05, 4.69) is 39.9 Å². The molecule has 0 radical (unpaired) electrons. The van der Waals surface area contributed by atoms with E-state index in [0.717, 1.165) is 61.5 Å². The third-order valence-electron chi connectivity index (χ3n) is 6.69. The maximum absolute atomic E-state index is 13.4. The molecule has 1 N–H and O–H groups in total. The van der Waals surface area contributed by atoms with Crippen molar-refractivity contribution >= 4 is 17.7 Å². The van der Waals surface area contributed by atoms with Gasteiger partial charge in [-0.3, -0.25) is 4.79 Å². The summed E-state index contributed by atoms with van der Waals surface area (Å²) in [7, 11) is 1.58. The number of pyridine rings is 1. The number of nitrogens with zero attached hydrogens (tertiary/aromatic N) is 7. The molecule has 182 valence electrons. The summed E-state index contributed by atoms with van der Waals surface area (Å²) in [5.74, 6) is 3.11. The molecule has 0 saturated heterocycles. The Kier molecular flexibility index (Phi) is 5.76. The number of amides is 1. The fourth-order valence-electron chi connectivity index (χ4n) is 4.87. The summed E-state index contributed by atoms with van der Waals surface area (Å²) < 4.78 is 7.70. The summed E-state index contributed by atoms with van der Waals surface area (Å²) in [5.41, 5.74) is 3.35. The van der Waals surface area contributed by atoms with Gasteiger partial charge in [0.1, 0.15) is 23.1 Å². The van der Waals surface area contributed by atoms with Crippen LogP contribution in [0.3, 0.4) is 0 Å². The Morgan fingerprint density at radius 3 is 2.75 bits per heavy atom. The minimum Gasteiger partial charge on any atom is -0.496 e. The summed E-state index contributed by atoms with van der Waals surface area (Å²) >= 11 is 0. The number of hydrogen-bond acceptors (Lipinski definition) is 8. The minimum atomic E-state index is -0.282. The lowest BCUT2D eigenvalue weighted by atomic mass is 9.96. The molecule has 36 heavy (non-hydrogen) atoms. The van der Waals surface area contributed by atoms with E-state index in [9.17, 15) is 4.79 Å². The number of anilines is 2. The number of methoxy groups -OCH3 is 1. The lowest BCUT2D eigenvalue weighted by Gasteiger charge is -2.29. The summed E-state index contributed by atoms with van der Waals surface area (Å²) in [6, 6.07) is 11.2. The molecule has 1 aromatic carbocycles. The first-order chi connectivity index (χ1) is 17.7. The molecule has 0 fully saturated rings. The molecule has 5 heterocycles. The first kappa shape index (κ1) is 22.1. The number of hydrogen-bond donors (Lipinski definition) is 1. The van der Waals surface area contributed by atoms with Gasteiger partial charge in [0.15, 0.2) is 5.82 Å². The first-order valence-corrected chi connectivity index (χ1v) is 12.1. The van der Waals surface area contributed by atoms with E-state index in [0.29, 0.717) is 35.3 Å². The van der Waals surface area contributed by atoms with Crippen LogP contribution in [-0.4, -0.2) is 49.3 Å². The second kappa shape index (κ2) is 9.37. The standard InChI is InChI=1S/C26H26N8O2/c1-36-21-15-17-9-13-33(26-27-10-5-11-28-26)16-18(17)14-19(21)25(35)30-22-7-4-6-20(29-22)24-32-31-23-8-2-3-12-34(23)24/h4-7,10-11,14-15H,2-3,8-9,12-13,16H2,1H3,(H,29,30,35). The van der Waals surface area contributed by atoms with Crippen LogP contribution in [0.2, 0.25) is 0 Å². The van der Waals surface area contributed by atoms with Gasteiger partial charge in [0, 0.05) is 38.4 Å². The zero-order valence-corrected chi connectivity index (χ0v) is 20.0. The third kappa shape index (κ3) is 4.15. The molecule has 4 aromatic rings. The van der Waals surface area contributed by atoms with Gasteiger partial charge in [-0.05, 0) is 60.7 Å². The van der Waals surface area contributed by atoms with Crippen molar-refractivity contribution in [2.24, 2.45) is 0 Å². The first-order valence-electron chi connectivity index (χ1n) is 12.1. The van der Waals surface area contributed by atoms with Crippen LogP contribution >= 0.6 is 0 Å². The van der Waals surface area contributed by atoms with Crippen molar-refractivity contribution in [1.29, 1.82) is 0 Å². The molecule has 0 saturated carbocycles. The number of rotatable bonds is 5. The molecule has 0 spiro atoms. The van der Waals surface area contributed by atoms with E-state index in [1.807, 2.05) is 24.3 Å². The smallest absolute Gasteiger partial charge is 0.260 e. The molecule has 10 nitrogen and oxygen atoms in total. The third-order valence-corrected chi connectivity index (χ3v) is 6.69. The average Bonchev–Trinajstić information content (AvgIpc) is 3.37. The van der Waals surface area contributed by atoms with Crippen LogP contribution in [0.4, 0.5) is 11.8 Å². The summed E-state index contributed by atoms with van der Waals surface area (Å²) in [6.07, 6.45) is 7.44. The van der Waals surface area contributed by atoms with Gasteiger partial charge in [-0.25, -0.2) is 15.0 Å². The molecule has 2 aliphatic rings. The highest BCUT2D eigenvalue weighted by molar-refractivity contribution is 6.06. The summed E-state index contributed by atoms with van der Waals surface area (Å²) in [6.45, 7) is 2.30. The Balaban J connectivity index is 1.26. The molecule has 3 aromatic heterocycles. The molecule has 10 heteroatoms. The van der Waals surface area contributed by atoms with Crippen molar-refractivity contribution in [2.45, 2.75) is 38.8 Å². The van der Waals surface area contributed by atoms with Crippen LogP contribution in [0.15, 0.2) is 48.8 Å². The lowest BCUT2D eigenvalue weighted by molar-refractivity contribution is 0.102. The van der Waals surface area contributed by atoms with Gasteiger partial charge in [-0.15, -0.1) is 10.2 Å². The molecule has 0 aliphatic carbocycles. The number of ether oxygens (including phenoxy) is 1. The van der Waals surface area contributed by atoms with Gasteiger partial charge in [0.2, 0.25) is 5.95 Å². The summed E-state index contributed by atoms with van der Waals surface area (Å²) in [5, 5.41) is 11.6. The van der Waals surface area contributed by atoms with Crippen LogP contribution in [0.25, 0.3) is 11.5 Å². The van der Waals surface area contributed by atoms with Crippen molar-refractivity contribution in [3.05, 3.63) is 71.3 Å². The van der Waals surface area contributed by atoms with E-state index in [1.165, 1.54) is 0 Å². The van der Waals surface area contributed by atoms with Crippen LogP contribution in [0.5, 0.6) is 5.75 Å². The van der Waals surface area contributed by atoms with Gasteiger partial charge in [-0.2, -0.15) is 0 Å². The van der Waals surface area contributed by atoms with Crippen LogP contribution in [-0.2, 0) is 25.9 Å². The van der Waals surface area contributed by atoms with Crippen molar-refractivity contribution in [1.82, 2.24) is 29.7 Å². The minimum absolute atomic E-state index is 0.282. The summed E-state index contributed by atoms with van der Waals surface area (Å²) in [4.78, 5) is 28.9. The van der Waals surface area contributed by atoms with E-state index in [4.69, 9.17) is 4.74 Å². The molecule has 0 unspecified atom stereocenters. The van der Waals surface area contributed by atoms with E-state index in [1.54, 1.807) is 31.6 Å². The van der Waals surface area contributed by atoms with Crippen molar-refractivity contribution in [3.8, 4) is 17.3 Å². The zero-order valence-electron chi connectivity index (χ0n) is 20.0. The number of carbonyl (C=O) groups excluding carboxylic acids is 1. The topological polar surface area (TPSA) is 111 Å². The molecular formula is C26H26N8O2. The number of fused-ring (bicyclic) bond motifs is 2. The highest BCUT2D eigenvalue weighted by Crippen LogP contribution is 2.30. The molecule has 6 rings (SSSR count). The quantitative estimate of drug-likeness (QED) is 0.461. The molecule has 0 bridgehead atoms. The number of carbonyl (C=O) groups is 1. The SMILES string of the molecule is COc1cc2c(cc1C(=O)Nc1cccc(-c3nnc4n3CCCC4)n1)CN(c1ncccn1)CC2. The predicted molar refractivity (Wildman–Crippen MR) is 134 cm³/mol. The predicted octanol–water partition coefficient (Wildman–Crippen LogP) is 3.29. The van der Waals surface area contributed by atoms with Gasteiger partial charge in [0.05, 0.1) is 12.7 Å². The van der Waals surface area contributed by atoms with Crippen LogP contribution in [0, 0.1) is 0 Å². The highest BCUT2D eigenvalue weighted by Gasteiger charge is 2.24. The molecular weight excluding hydrogens is 456 g/mol. The second-order valence-corrected chi connectivity index (χ2v) is 8.95. The number of aromatic nitrogens is 6. The Bertz CT molecular complexity index is 1420. The van der Waals surface area contributed by atoms with E-state index >= 15 is 0 Å². The van der Waals surface area contributed by atoms with Gasteiger partial charge >= 0.3 is 0 Å². The zero-order chi connectivity index (χ0) is 24.5. The molecule has 0 atom stereocenters. The van der Waals surface area contributed by atoms with E-state index in [-0.39, 0.29) is 5.91 Å². The van der Waals surface area contributed by atoms with Crippen molar-refractivity contribution < 1.29 is 9.53 Å². The average molecular weight is 483 g/mol. The fraction of sp³-hybridized carbons (Fsp3) is 0.308. The number of aryl methyl sites for hydroxylation is 1. The van der Waals surface area contributed by atoms with E-state index < -0.39 is 0 Å². The molecule has 1 amide bonds. The van der Waals surface area contributed by atoms with Gasteiger partial charge < -0.3 is 19.5 Å². The largest absolute Gasteiger partial charge is 0.496 e. The maximum atomic E-state index is 13.4. The fourth-order valence-corrected chi connectivity index (χ4v) is 4.87. The van der Waals surface area contributed by atoms with Crippen LogP contribution in [0.1, 0.15) is 40.2 Å². The van der Waals surface area contributed by atoms with Gasteiger partial charge in [-0.1, -0.05) is 6.07 Å². The Labute approximate surface area is 208 Å². The maximum Gasteiger partial charge on any atom is 0.260 e. The van der Waals surface area contributed by atoms with Gasteiger partial charge in [0.25, 0.3) is 5.91 Å². The number of nitrogens with one attached hydrogen (secondary N) is 1. The van der Waals surface area contributed by atoms with Crippen molar-refractivity contribution in [2.75, 3.05) is 23.9 Å². The normalized spacial score (nSPS) is 14.6. The Hall–Kier alpha value is -4.34. The lowest BCUT2D eigenvalue weighted by Crippen LogP contribution is -2.32. The Morgan fingerprint density at radius 2 is 1.89 bits per heavy atom. The monoisotopic (exact) mass is 482 g/mol. The Morgan fingerprint density at radius 1 is 1.00 bits per heavy atom. The second-order valence-electron chi connectivity index (χ2n) is 8.95. The van der Waals surface area contributed by atoms with Crippen molar-refractivity contribution in [3.63, 3.8) is 0 Å². The molecule has 2 aliphatic heterocycles. The number of benzene rings is 1.